The lowest BCUT2D eigenvalue weighted by Gasteiger charge is -2.20. The number of hydrogen-bond donors (Lipinski definition) is 2. The normalized spacial score (nSPS) is 12.1. The maximum Gasteiger partial charge on any atom is 0.304 e. The minimum Gasteiger partial charge on any atom is -0.374 e. The number of sulfonamides is 1. The van der Waals surface area contributed by atoms with Gasteiger partial charge in [0.2, 0.25) is 10.0 Å². The van der Waals surface area contributed by atoms with Gasteiger partial charge in [-0.25, -0.2) is 13.1 Å². The van der Waals surface area contributed by atoms with Crippen molar-refractivity contribution >= 4 is 32.0 Å². The van der Waals surface area contributed by atoms with Gasteiger partial charge in [-0.3, -0.25) is 10.1 Å². The number of hydrogen-bond acceptors (Lipinski definition) is 7. The van der Waals surface area contributed by atoms with Crippen LogP contribution in [0.4, 0.5) is 10.7 Å². The molecule has 0 spiro atoms. The van der Waals surface area contributed by atoms with Gasteiger partial charge in [-0.1, -0.05) is 11.3 Å². The van der Waals surface area contributed by atoms with Crippen LogP contribution in [0.2, 0.25) is 0 Å². The van der Waals surface area contributed by atoms with Gasteiger partial charge in [0.05, 0.1) is 4.92 Å². The summed E-state index contributed by atoms with van der Waals surface area (Å²) < 4.78 is 26.6. The van der Waals surface area contributed by atoms with Gasteiger partial charge in [0.25, 0.3) is 0 Å². The second-order valence-electron chi connectivity index (χ2n) is 4.76. The van der Waals surface area contributed by atoms with Crippen LogP contribution in [-0.2, 0) is 10.0 Å². The van der Waals surface area contributed by atoms with Crippen LogP contribution in [0.15, 0.2) is 10.3 Å². The zero-order chi connectivity index (χ0) is 16.2. The van der Waals surface area contributed by atoms with Crippen molar-refractivity contribution in [3.8, 4) is 0 Å². The molecule has 0 saturated heterocycles. The van der Waals surface area contributed by atoms with Crippen LogP contribution in [-0.4, -0.2) is 51.5 Å². The molecular weight excluding hydrogens is 316 g/mol. The second kappa shape index (κ2) is 7.16. The van der Waals surface area contributed by atoms with Gasteiger partial charge in [-0.05, 0) is 20.9 Å². The second-order valence-corrected chi connectivity index (χ2v) is 7.81. The molecule has 0 aliphatic carbocycles. The summed E-state index contributed by atoms with van der Waals surface area (Å²) in [7, 11) is -0.318. The average molecular weight is 336 g/mol. The van der Waals surface area contributed by atoms with Gasteiger partial charge >= 0.3 is 5.69 Å². The number of nitrogens with one attached hydrogen (secondary N) is 2. The van der Waals surface area contributed by atoms with E-state index in [1.165, 1.54) is 7.05 Å². The first-order chi connectivity index (χ1) is 9.69. The van der Waals surface area contributed by atoms with Crippen LogP contribution in [0.25, 0.3) is 0 Å². The number of nitrogens with zero attached hydrogens (tertiary/aromatic N) is 2. The Morgan fingerprint density at radius 1 is 1.48 bits per heavy atom. The Bertz CT molecular complexity index is 597. The quantitative estimate of drug-likeness (QED) is 0.548. The fraction of sp³-hybridized carbons (Fsp3) is 0.636. The van der Waals surface area contributed by atoms with E-state index in [2.05, 4.69) is 10.0 Å². The first-order valence-corrected chi connectivity index (χ1v) is 8.65. The summed E-state index contributed by atoms with van der Waals surface area (Å²) in [5, 5.41) is 13.7. The van der Waals surface area contributed by atoms with Crippen LogP contribution in [0.1, 0.15) is 13.8 Å². The molecule has 10 heteroatoms. The lowest BCUT2D eigenvalue weighted by atomic mass is 10.3. The SMILES string of the molecule is CNc1sc(S(=O)(=O)NCCN(C)C(C)C)cc1[N+](=O)[O-]. The van der Waals surface area contributed by atoms with Crippen LogP contribution in [0, 0.1) is 10.1 Å². The van der Waals surface area contributed by atoms with E-state index in [1.54, 1.807) is 0 Å². The lowest BCUT2D eigenvalue weighted by Crippen LogP contribution is -2.35. The molecule has 21 heavy (non-hydrogen) atoms. The van der Waals surface area contributed by atoms with Crippen molar-refractivity contribution in [3.63, 3.8) is 0 Å². The third kappa shape index (κ3) is 4.63. The number of nitro groups is 1. The van der Waals surface area contributed by atoms with Crippen molar-refractivity contribution in [1.82, 2.24) is 9.62 Å². The highest BCUT2D eigenvalue weighted by Crippen LogP contribution is 2.36. The molecule has 1 rings (SSSR count). The Balaban J connectivity index is 2.81. The highest BCUT2D eigenvalue weighted by atomic mass is 32.2. The van der Waals surface area contributed by atoms with Gasteiger partial charge in [-0.2, -0.15) is 0 Å². The first-order valence-electron chi connectivity index (χ1n) is 6.35. The third-order valence-corrected chi connectivity index (χ3v) is 6.09. The Kier molecular flexibility index (Phi) is 6.08. The molecule has 0 fully saturated rings. The molecule has 0 aliphatic heterocycles. The van der Waals surface area contributed by atoms with Crippen molar-refractivity contribution in [2.75, 3.05) is 32.5 Å². The lowest BCUT2D eigenvalue weighted by molar-refractivity contribution is -0.383. The van der Waals surface area contributed by atoms with E-state index in [0.29, 0.717) is 12.6 Å². The smallest absolute Gasteiger partial charge is 0.304 e. The Labute approximate surface area is 128 Å². The van der Waals surface area contributed by atoms with Crippen molar-refractivity contribution in [2.24, 2.45) is 0 Å². The molecular formula is C11H20N4O4S2. The van der Waals surface area contributed by atoms with Gasteiger partial charge in [0.15, 0.2) is 5.00 Å². The Hall–Kier alpha value is -1.23. The van der Waals surface area contributed by atoms with Crippen LogP contribution >= 0.6 is 11.3 Å². The Morgan fingerprint density at radius 2 is 2.10 bits per heavy atom. The van der Waals surface area contributed by atoms with Crippen LogP contribution < -0.4 is 10.0 Å². The molecule has 1 aromatic rings. The summed E-state index contributed by atoms with van der Waals surface area (Å²) in [6.45, 7) is 4.83. The predicted octanol–water partition coefficient (Wildman–Crippen LogP) is 1.32. The third-order valence-electron chi connectivity index (χ3n) is 3.02. The fourth-order valence-corrected chi connectivity index (χ4v) is 3.84. The highest BCUT2D eigenvalue weighted by molar-refractivity contribution is 7.91. The number of likely N-dealkylation sites (N-methyl/N-ethyl adjacent to an activating group) is 1. The molecule has 120 valence electrons. The summed E-state index contributed by atoms with van der Waals surface area (Å²) in [4.78, 5) is 12.2. The fourth-order valence-electron chi connectivity index (χ4n) is 1.49. The summed E-state index contributed by atoms with van der Waals surface area (Å²) >= 11 is 0.843. The van der Waals surface area contributed by atoms with E-state index >= 15 is 0 Å². The molecule has 0 saturated carbocycles. The zero-order valence-electron chi connectivity index (χ0n) is 12.4. The predicted molar refractivity (Wildman–Crippen MR) is 83.5 cm³/mol. The monoisotopic (exact) mass is 336 g/mol. The molecule has 0 atom stereocenters. The summed E-state index contributed by atoms with van der Waals surface area (Å²) in [5.74, 6) is 0. The van der Waals surface area contributed by atoms with Crippen molar-refractivity contribution in [2.45, 2.75) is 24.1 Å². The van der Waals surface area contributed by atoms with E-state index in [0.717, 1.165) is 17.4 Å². The molecule has 0 aliphatic rings. The molecule has 0 bridgehead atoms. The molecule has 0 aromatic carbocycles. The molecule has 1 aromatic heterocycles. The van der Waals surface area contributed by atoms with Gasteiger partial charge in [0.1, 0.15) is 4.21 Å². The first kappa shape index (κ1) is 17.8. The number of thiophene rings is 1. The Morgan fingerprint density at radius 3 is 2.52 bits per heavy atom. The molecule has 1 heterocycles. The maximum atomic E-state index is 12.1. The number of rotatable bonds is 8. The van der Waals surface area contributed by atoms with E-state index in [9.17, 15) is 18.5 Å². The van der Waals surface area contributed by atoms with Gasteiger partial charge in [-0.15, -0.1) is 0 Å². The largest absolute Gasteiger partial charge is 0.374 e. The van der Waals surface area contributed by atoms with Gasteiger partial charge in [0, 0.05) is 32.2 Å². The van der Waals surface area contributed by atoms with Gasteiger partial charge < -0.3 is 10.2 Å². The topological polar surface area (TPSA) is 105 Å². The van der Waals surface area contributed by atoms with E-state index in [-0.39, 0.29) is 21.4 Å². The molecule has 8 nitrogen and oxygen atoms in total. The summed E-state index contributed by atoms with van der Waals surface area (Å²) in [5.41, 5.74) is -0.234. The summed E-state index contributed by atoms with van der Waals surface area (Å²) in [6, 6.07) is 1.39. The molecule has 0 radical (unpaired) electrons. The number of anilines is 1. The minimum atomic E-state index is -3.73. The molecule has 0 unspecified atom stereocenters. The highest BCUT2D eigenvalue weighted by Gasteiger charge is 2.25. The average Bonchev–Trinajstić information content (AvgIpc) is 2.83. The maximum absolute atomic E-state index is 12.1. The van der Waals surface area contributed by atoms with Crippen molar-refractivity contribution in [1.29, 1.82) is 0 Å². The van der Waals surface area contributed by atoms with Crippen molar-refractivity contribution in [3.05, 3.63) is 16.2 Å². The summed E-state index contributed by atoms with van der Waals surface area (Å²) in [6.07, 6.45) is 0. The minimum absolute atomic E-state index is 0.0641. The van der Waals surface area contributed by atoms with Crippen molar-refractivity contribution < 1.29 is 13.3 Å². The molecule has 0 amide bonds. The van der Waals surface area contributed by atoms with E-state index in [1.807, 2.05) is 25.8 Å². The standard InChI is InChI=1S/C11H20N4O4S2/c1-8(2)14(4)6-5-13-21(18,19)10-7-9(15(16)17)11(12-3)20-10/h7-8,12-13H,5-6H2,1-4H3. The van der Waals surface area contributed by atoms with E-state index in [4.69, 9.17) is 0 Å². The van der Waals surface area contributed by atoms with E-state index < -0.39 is 14.9 Å². The van der Waals surface area contributed by atoms with Crippen LogP contribution in [0.3, 0.4) is 0 Å². The van der Waals surface area contributed by atoms with Crippen LogP contribution in [0.5, 0.6) is 0 Å². The zero-order valence-corrected chi connectivity index (χ0v) is 14.0. The molecule has 2 N–H and O–H groups in total.